The number of Topliss-reactive ketones (excluding diaryl/α,β-unsaturated/α-hetero) is 1. The third-order valence-electron chi connectivity index (χ3n) is 3.82. The second-order valence-electron chi connectivity index (χ2n) is 7.45. The normalized spacial score (nSPS) is 12.1. The topological polar surface area (TPSA) is 93.2 Å². The molecule has 0 bridgehead atoms. The highest BCUT2D eigenvalue weighted by Gasteiger charge is 2.32. The van der Waals surface area contributed by atoms with E-state index in [2.05, 4.69) is 0 Å². The Morgan fingerprint density at radius 2 is 1.62 bits per heavy atom. The minimum atomic E-state index is -0.798. The summed E-state index contributed by atoms with van der Waals surface area (Å²) in [7, 11) is 0. The van der Waals surface area contributed by atoms with Gasteiger partial charge in [0.2, 0.25) is 5.91 Å². The SMILES string of the molecule is CCOC(C)N(CC(=O)c1ccccc1)C(=O)N(CC(=O)OC(C)(C)C)C(C)=O. The number of amides is 3. The molecule has 0 saturated heterocycles. The summed E-state index contributed by atoms with van der Waals surface area (Å²) in [5.41, 5.74) is -0.333. The molecule has 0 fully saturated rings. The number of imide groups is 1. The van der Waals surface area contributed by atoms with Crippen LogP contribution in [0.4, 0.5) is 4.79 Å². The average molecular weight is 406 g/mol. The number of carbonyl (C=O) groups excluding carboxylic acids is 4. The van der Waals surface area contributed by atoms with Crippen LogP contribution in [0.3, 0.4) is 0 Å². The number of hydrogen-bond acceptors (Lipinski definition) is 6. The number of ketones is 1. The number of hydrogen-bond donors (Lipinski definition) is 0. The average Bonchev–Trinajstić information content (AvgIpc) is 2.62. The van der Waals surface area contributed by atoms with Crippen LogP contribution in [0.2, 0.25) is 0 Å². The van der Waals surface area contributed by atoms with Crippen LogP contribution in [0.1, 0.15) is 51.9 Å². The first-order valence-electron chi connectivity index (χ1n) is 9.46. The zero-order valence-corrected chi connectivity index (χ0v) is 17.9. The van der Waals surface area contributed by atoms with Gasteiger partial charge in [0, 0.05) is 19.1 Å². The molecule has 0 aliphatic heterocycles. The van der Waals surface area contributed by atoms with Gasteiger partial charge < -0.3 is 9.47 Å². The van der Waals surface area contributed by atoms with Gasteiger partial charge in [-0.05, 0) is 34.6 Å². The lowest BCUT2D eigenvalue weighted by molar-refractivity contribution is -0.157. The zero-order valence-electron chi connectivity index (χ0n) is 17.9. The van der Waals surface area contributed by atoms with Crippen molar-refractivity contribution in [1.29, 1.82) is 0 Å². The van der Waals surface area contributed by atoms with Crippen LogP contribution in [0, 0.1) is 0 Å². The van der Waals surface area contributed by atoms with Gasteiger partial charge in [0.25, 0.3) is 0 Å². The van der Waals surface area contributed by atoms with Gasteiger partial charge in [-0.15, -0.1) is 0 Å². The molecule has 1 aromatic rings. The van der Waals surface area contributed by atoms with E-state index in [9.17, 15) is 19.2 Å². The predicted molar refractivity (Wildman–Crippen MR) is 107 cm³/mol. The van der Waals surface area contributed by atoms with Gasteiger partial charge >= 0.3 is 12.0 Å². The smallest absolute Gasteiger partial charge is 0.329 e. The highest BCUT2D eigenvalue weighted by molar-refractivity contribution is 6.01. The van der Waals surface area contributed by atoms with Crippen LogP contribution in [-0.4, -0.2) is 65.0 Å². The molecule has 8 heteroatoms. The summed E-state index contributed by atoms with van der Waals surface area (Å²) in [4.78, 5) is 51.8. The summed E-state index contributed by atoms with van der Waals surface area (Å²) in [5, 5.41) is 0. The number of nitrogens with zero attached hydrogens (tertiary/aromatic N) is 2. The van der Waals surface area contributed by atoms with Gasteiger partial charge in [-0.2, -0.15) is 0 Å². The Bertz CT molecular complexity index is 726. The molecule has 0 aliphatic rings. The molecule has 3 amide bonds. The fraction of sp³-hybridized carbons (Fsp3) is 0.524. The molecule has 0 spiro atoms. The van der Waals surface area contributed by atoms with E-state index in [1.54, 1.807) is 65.0 Å². The second kappa shape index (κ2) is 10.7. The lowest BCUT2D eigenvalue weighted by atomic mass is 10.1. The number of carbonyl (C=O) groups is 4. The van der Waals surface area contributed by atoms with Crippen molar-refractivity contribution in [3.8, 4) is 0 Å². The number of urea groups is 1. The van der Waals surface area contributed by atoms with Crippen molar-refractivity contribution in [2.75, 3.05) is 19.7 Å². The van der Waals surface area contributed by atoms with Crippen molar-refractivity contribution in [2.24, 2.45) is 0 Å². The standard InChI is InChI=1S/C21H30N2O6/c1-7-28-16(3)23(13-18(25)17-11-9-8-10-12-17)20(27)22(15(2)24)14-19(26)29-21(4,5)6/h8-12,16H,7,13-14H2,1-6H3. The Hall–Kier alpha value is -2.74. The molecule has 0 radical (unpaired) electrons. The molecule has 160 valence electrons. The summed E-state index contributed by atoms with van der Waals surface area (Å²) in [6.45, 7) is 9.03. The van der Waals surface area contributed by atoms with Crippen LogP contribution < -0.4 is 0 Å². The molecule has 1 aromatic carbocycles. The molecular formula is C21H30N2O6. The van der Waals surface area contributed by atoms with Gasteiger partial charge in [0.05, 0.1) is 6.54 Å². The van der Waals surface area contributed by atoms with Crippen LogP contribution in [-0.2, 0) is 19.1 Å². The van der Waals surface area contributed by atoms with E-state index in [0.29, 0.717) is 12.2 Å². The first kappa shape index (κ1) is 24.3. The maximum atomic E-state index is 13.1. The summed E-state index contributed by atoms with van der Waals surface area (Å²) in [6.07, 6.45) is -0.777. The van der Waals surface area contributed by atoms with E-state index in [1.807, 2.05) is 0 Å². The Labute approximate surface area is 171 Å². The fourth-order valence-corrected chi connectivity index (χ4v) is 2.52. The van der Waals surface area contributed by atoms with E-state index < -0.39 is 36.3 Å². The number of rotatable bonds is 8. The first-order valence-corrected chi connectivity index (χ1v) is 9.46. The van der Waals surface area contributed by atoms with Crippen LogP contribution >= 0.6 is 0 Å². The minimum Gasteiger partial charge on any atom is -0.459 e. The molecule has 1 atom stereocenters. The fourth-order valence-electron chi connectivity index (χ4n) is 2.52. The highest BCUT2D eigenvalue weighted by Crippen LogP contribution is 2.12. The Balaban J connectivity index is 3.07. The van der Waals surface area contributed by atoms with E-state index >= 15 is 0 Å². The van der Waals surface area contributed by atoms with Crippen molar-refractivity contribution in [3.05, 3.63) is 35.9 Å². The van der Waals surface area contributed by atoms with E-state index in [0.717, 1.165) is 9.80 Å². The van der Waals surface area contributed by atoms with Crippen molar-refractivity contribution in [1.82, 2.24) is 9.80 Å². The predicted octanol–water partition coefficient (Wildman–Crippen LogP) is 2.86. The van der Waals surface area contributed by atoms with E-state index in [-0.39, 0.29) is 12.3 Å². The molecule has 1 rings (SSSR count). The number of benzene rings is 1. The van der Waals surface area contributed by atoms with Gasteiger partial charge in [-0.3, -0.25) is 24.2 Å². The molecule has 0 heterocycles. The first-order chi connectivity index (χ1) is 13.5. The highest BCUT2D eigenvalue weighted by atomic mass is 16.6. The lowest BCUT2D eigenvalue weighted by Crippen LogP contribution is -2.53. The van der Waals surface area contributed by atoms with Gasteiger partial charge in [0.1, 0.15) is 18.4 Å². The largest absolute Gasteiger partial charge is 0.459 e. The van der Waals surface area contributed by atoms with E-state index in [4.69, 9.17) is 9.47 Å². The molecular weight excluding hydrogens is 376 g/mol. The summed E-state index contributed by atoms with van der Waals surface area (Å²) in [5.74, 6) is -1.67. The van der Waals surface area contributed by atoms with Gasteiger partial charge in [0.15, 0.2) is 5.78 Å². The van der Waals surface area contributed by atoms with Crippen molar-refractivity contribution < 1.29 is 28.7 Å². The Kier molecular flexibility index (Phi) is 8.97. The zero-order chi connectivity index (χ0) is 22.2. The third kappa shape index (κ3) is 8.03. The van der Waals surface area contributed by atoms with Gasteiger partial charge in [-0.25, -0.2) is 4.79 Å². The summed E-state index contributed by atoms with van der Waals surface area (Å²) >= 11 is 0. The van der Waals surface area contributed by atoms with E-state index in [1.165, 1.54) is 6.92 Å². The molecule has 0 aliphatic carbocycles. The monoisotopic (exact) mass is 406 g/mol. The second-order valence-corrected chi connectivity index (χ2v) is 7.45. The van der Waals surface area contributed by atoms with Crippen LogP contribution in [0.5, 0.6) is 0 Å². The van der Waals surface area contributed by atoms with Crippen molar-refractivity contribution in [2.45, 2.75) is 53.4 Å². The maximum absolute atomic E-state index is 13.1. The molecule has 0 N–H and O–H groups in total. The Morgan fingerprint density at radius 1 is 1.03 bits per heavy atom. The maximum Gasteiger partial charge on any atom is 0.329 e. The minimum absolute atomic E-state index is 0.302. The summed E-state index contributed by atoms with van der Waals surface area (Å²) < 4.78 is 10.7. The van der Waals surface area contributed by atoms with Crippen molar-refractivity contribution >= 4 is 23.7 Å². The Morgan fingerprint density at radius 3 is 2.10 bits per heavy atom. The van der Waals surface area contributed by atoms with Crippen LogP contribution in [0.25, 0.3) is 0 Å². The quantitative estimate of drug-likeness (QED) is 0.374. The molecule has 0 aromatic heterocycles. The number of esters is 1. The summed E-state index contributed by atoms with van der Waals surface area (Å²) in [6, 6.07) is 7.69. The molecule has 8 nitrogen and oxygen atoms in total. The molecule has 0 saturated carbocycles. The van der Waals surface area contributed by atoms with Crippen molar-refractivity contribution in [3.63, 3.8) is 0 Å². The lowest BCUT2D eigenvalue weighted by Gasteiger charge is -2.32. The molecule has 29 heavy (non-hydrogen) atoms. The third-order valence-corrected chi connectivity index (χ3v) is 3.82. The number of ether oxygens (including phenoxy) is 2. The van der Waals surface area contributed by atoms with Crippen LogP contribution in [0.15, 0.2) is 30.3 Å². The molecule has 1 unspecified atom stereocenters. The van der Waals surface area contributed by atoms with Gasteiger partial charge in [-0.1, -0.05) is 30.3 Å².